The first-order valence-corrected chi connectivity index (χ1v) is 8.53. The third-order valence-corrected chi connectivity index (χ3v) is 4.67. The molecule has 1 amide bonds. The number of esters is 1. The van der Waals surface area contributed by atoms with Crippen LogP contribution >= 0.6 is 0 Å². The van der Waals surface area contributed by atoms with Crippen LogP contribution in [-0.4, -0.2) is 46.2 Å². The van der Waals surface area contributed by atoms with Gasteiger partial charge in [0, 0.05) is 13.2 Å². The second kappa shape index (κ2) is 7.53. The molecule has 0 spiro atoms. The number of amides is 1. The summed E-state index contributed by atoms with van der Waals surface area (Å²) in [5, 5.41) is 0. The van der Waals surface area contributed by atoms with Crippen molar-refractivity contribution in [3.63, 3.8) is 0 Å². The average Bonchev–Trinajstić information content (AvgIpc) is 3.04. The Morgan fingerprint density at radius 1 is 1.39 bits per heavy atom. The summed E-state index contributed by atoms with van der Waals surface area (Å²) in [6.45, 7) is 0.249. The second-order valence-corrected chi connectivity index (χ2v) is 6.82. The molecule has 2 rings (SSSR count). The van der Waals surface area contributed by atoms with E-state index in [1.807, 2.05) is 0 Å². The highest BCUT2D eigenvalue weighted by molar-refractivity contribution is 7.89. The number of nitrogens with one attached hydrogen (secondary N) is 1. The minimum absolute atomic E-state index is 0.0197. The number of primary amides is 1. The molecule has 0 aromatic heterocycles. The van der Waals surface area contributed by atoms with Crippen molar-refractivity contribution in [1.29, 1.82) is 0 Å². The molecule has 23 heavy (non-hydrogen) atoms. The van der Waals surface area contributed by atoms with Crippen molar-refractivity contribution in [1.82, 2.24) is 4.72 Å². The topological polar surface area (TPSA) is 125 Å². The number of carbonyl (C=O) groups excluding carboxylic acids is 2. The number of ether oxygens (including phenoxy) is 2. The first kappa shape index (κ1) is 17.4. The van der Waals surface area contributed by atoms with Crippen LogP contribution in [0.2, 0.25) is 0 Å². The number of rotatable bonds is 7. The van der Waals surface area contributed by atoms with E-state index in [2.05, 4.69) is 9.46 Å². The molecule has 8 nitrogen and oxygen atoms in total. The number of benzene rings is 1. The van der Waals surface area contributed by atoms with Gasteiger partial charge < -0.3 is 15.2 Å². The highest BCUT2D eigenvalue weighted by Crippen LogP contribution is 2.15. The van der Waals surface area contributed by atoms with E-state index in [0.29, 0.717) is 6.61 Å². The molecule has 0 aliphatic carbocycles. The van der Waals surface area contributed by atoms with E-state index >= 15 is 0 Å². The predicted octanol–water partition coefficient (Wildman–Crippen LogP) is -0.214. The third kappa shape index (κ3) is 5.02. The van der Waals surface area contributed by atoms with Crippen LogP contribution < -0.4 is 10.5 Å². The molecule has 1 aromatic carbocycles. The summed E-state index contributed by atoms with van der Waals surface area (Å²) >= 11 is 0. The molecule has 1 heterocycles. The van der Waals surface area contributed by atoms with Crippen molar-refractivity contribution in [2.45, 2.75) is 23.8 Å². The van der Waals surface area contributed by atoms with Crippen LogP contribution in [0.3, 0.4) is 0 Å². The van der Waals surface area contributed by atoms with Gasteiger partial charge in [-0.1, -0.05) is 6.07 Å². The van der Waals surface area contributed by atoms with Crippen molar-refractivity contribution >= 4 is 21.9 Å². The van der Waals surface area contributed by atoms with E-state index in [0.717, 1.165) is 12.8 Å². The van der Waals surface area contributed by atoms with E-state index in [4.69, 9.17) is 10.5 Å². The van der Waals surface area contributed by atoms with Gasteiger partial charge in [-0.05, 0) is 31.0 Å². The molecule has 0 unspecified atom stereocenters. The molecule has 1 aromatic rings. The van der Waals surface area contributed by atoms with Crippen LogP contribution in [0.5, 0.6) is 0 Å². The highest BCUT2D eigenvalue weighted by Gasteiger charge is 2.21. The van der Waals surface area contributed by atoms with Crippen molar-refractivity contribution in [3.8, 4) is 0 Å². The molecular weight excluding hydrogens is 324 g/mol. The SMILES string of the molecule is NC(=O)COC(=O)c1cccc(S(=O)(=O)NC[C@@H]2CCCO2)c1. The van der Waals surface area contributed by atoms with Gasteiger partial charge in [-0.3, -0.25) is 4.79 Å². The Morgan fingerprint density at radius 2 is 2.17 bits per heavy atom. The van der Waals surface area contributed by atoms with Crippen LogP contribution in [0, 0.1) is 0 Å². The smallest absolute Gasteiger partial charge is 0.338 e. The summed E-state index contributed by atoms with van der Waals surface area (Å²) in [6.07, 6.45) is 1.59. The number of carbonyl (C=O) groups is 2. The molecule has 1 saturated heterocycles. The lowest BCUT2D eigenvalue weighted by atomic mass is 10.2. The number of hydrogen-bond donors (Lipinski definition) is 2. The fraction of sp³-hybridized carbons (Fsp3) is 0.429. The zero-order valence-corrected chi connectivity index (χ0v) is 13.2. The molecule has 1 aliphatic rings. The van der Waals surface area contributed by atoms with Gasteiger partial charge in [0.05, 0.1) is 16.6 Å². The van der Waals surface area contributed by atoms with Gasteiger partial charge in [0.1, 0.15) is 0 Å². The zero-order chi connectivity index (χ0) is 16.9. The quantitative estimate of drug-likeness (QED) is 0.660. The molecule has 0 bridgehead atoms. The first-order chi connectivity index (χ1) is 10.9. The lowest BCUT2D eigenvalue weighted by Crippen LogP contribution is -2.32. The Balaban J connectivity index is 2.04. The summed E-state index contributed by atoms with van der Waals surface area (Å²) in [4.78, 5) is 22.3. The first-order valence-electron chi connectivity index (χ1n) is 7.05. The van der Waals surface area contributed by atoms with Gasteiger partial charge in [-0.2, -0.15) is 0 Å². The fourth-order valence-electron chi connectivity index (χ4n) is 2.10. The summed E-state index contributed by atoms with van der Waals surface area (Å²) < 4.78 is 36.9. The molecule has 3 N–H and O–H groups in total. The van der Waals surface area contributed by atoms with Gasteiger partial charge in [-0.25, -0.2) is 17.9 Å². The van der Waals surface area contributed by atoms with Gasteiger partial charge in [0.25, 0.3) is 5.91 Å². The van der Waals surface area contributed by atoms with Crippen LogP contribution in [0.15, 0.2) is 29.2 Å². The standard InChI is InChI=1S/C14H18N2O6S/c15-13(17)9-22-14(18)10-3-1-5-12(7-10)23(19,20)16-8-11-4-2-6-21-11/h1,3,5,7,11,16H,2,4,6,8-9H2,(H2,15,17)/t11-/m0/s1. The Bertz CT molecular complexity index is 682. The Labute approximate surface area is 134 Å². The van der Waals surface area contributed by atoms with Crippen LogP contribution in [0.4, 0.5) is 0 Å². The molecule has 126 valence electrons. The lowest BCUT2D eigenvalue weighted by molar-refractivity contribution is -0.121. The Hall–Kier alpha value is -1.97. The molecule has 1 aliphatic heterocycles. The molecule has 0 saturated carbocycles. The summed E-state index contributed by atoms with van der Waals surface area (Å²) in [5.74, 6) is -1.61. The second-order valence-electron chi connectivity index (χ2n) is 5.06. The van der Waals surface area contributed by atoms with E-state index < -0.39 is 28.5 Å². The average molecular weight is 342 g/mol. The van der Waals surface area contributed by atoms with Crippen LogP contribution in [0.1, 0.15) is 23.2 Å². The Kier molecular flexibility index (Phi) is 5.69. The fourth-order valence-corrected chi connectivity index (χ4v) is 3.21. The predicted molar refractivity (Wildman–Crippen MR) is 80.1 cm³/mol. The number of sulfonamides is 1. The van der Waals surface area contributed by atoms with Gasteiger partial charge in [-0.15, -0.1) is 0 Å². The summed E-state index contributed by atoms with van der Waals surface area (Å²) in [7, 11) is -3.76. The Morgan fingerprint density at radius 3 is 2.83 bits per heavy atom. The summed E-state index contributed by atoms with van der Waals surface area (Å²) in [5.41, 5.74) is 4.90. The summed E-state index contributed by atoms with van der Waals surface area (Å²) in [6, 6.07) is 5.35. The van der Waals surface area contributed by atoms with Crippen LogP contribution in [-0.2, 0) is 24.3 Å². The normalized spacial score (nSPS) is 17.8. The molecule has 0 radical (unpaired) electrons. The number of hydrogen-bond acceptors (Lipinski definition) is 6. The minimum Gasteiger partial charge on any atom is -0.452 e. The third-order valence-electron chi connectivity index (χ3n) is 3.25. The van der Waals surface area contributed by atoms with Crippen molar-refractivity contribution in [2.75, 3.05) is 19.8 Å². The molecule has 1 fully saturated rings. The van der Waals surface area contributed by atoms with E-state index in [1.54, 1.807) is 0 Å². The zero-order valence-electron chi connectivity index (χ0n) is 12.4. The van der Waals surface area contributed by atoms with Crippen molar-refractivity contribution < 1.29 is 27.5 Å². The van der Waals surface area contributed by atoms with Gasteiger partial charge in [0.2, 0.25) is 10.0 Å². The van der Waals surface area contributed by atoms with Crippen molar-refractivity contribution in [2.24, 2.45) is 5.73 Å². The van der Waals surface area contributed by atoms with Gasteiger partial charge in [0.15, 0.2) is 6.61 Å². The monoisotopic (exact) mass is 342 g/mol. The number of nitrogens with two attached hydrogens (primary N) is 1. The molecular formula is C14H18N2O6S. The lowest BCUT2D eigenvalue weighted by Gasteiger charge is -2.12. The maximum atomic E-state index is 12.2. The largest absolute Gasteiger partial charge is 0.452 e. The van der Waals surface area contributed by atoms with E-state index in [9.17, 15) is 18.0 Å². The molecule has 9 heteroatoms. The van der Waals surface area contributed by atoms with E-state index in [-0.39, 0.29) is 23.1 Å². The van der Waals surface area contributed by atoms with E-state index in [1.165, 1.54) is 24.3 Å². The maximum Gasteiger partial charge on any atom is 0.338 e. The minimum atomic E-state index is -3.76. The van der Waals surface area contributed by atoms with Gasteiger partial charge >= 0.3 is 5.97 Å². The highest BCUT2D eigenvalue weighted by atomic mass is 32.2. The van der Waals surface area contributed by atoms with Crippen LogP contribution in [0.25, 0.3) is 0 Å². The molecule has 1 atom stereocenters. The maximum absolute atomic E-state index is 12.2. The van der Waals surface area contributed by atoms with Crippen molar-refractivity contribution in [3.05, 3.63) is 29.8 Å².